The number of benzene rings is 2. The van der Waals surface area contributed by atoms with E-state index in [9.17, 15) is 22.4 Å². The number of nitrogens with zero attached hydrogens (tertiary/aromatic N) is 2. The van der Waals surface area contributed by atoms with Crippen molar-refractivity contribution in [2.75, 3.05) is 23.7 Å². The average Bonchev–Trinajstić information content (AvgIpc) is 2.78. The first kappa shape index (κ1) is 27.6. The molecule has 1 unspecified atom stereocenters. The molecule has 2 aromatic carbocycles. The van der Waals surface area contributed by atoms with Crippen LogP contribution >= 0.6 is 11.6 Å². The summed E-state index contributed by atoms with van der Waals surface area (Å²) in [7, 11) is -3.85. The van der Waals surface area contributed by atoms with E-state index in [2.05, 4.69) is 5.32 Å². The molecule has 2 amide bonds. The molecule has 186 valence electrons. The van der Waals surface area contributed by atoms with Gasteiger partial charge in [-0.05, 0) is 55.2 Å². The molecule has 0 fully saturated rings. The molecule has 0 aliphatic rings. The summed E-state index contributed by atoms with van der Waals surface area (Å²) in [5, 5.41) is 3.17. The maximum absolute atomic E-state index is 13.6. The number of amides is 2. The molecule has 2 rings (SSSR count). The topological polar surface area (TPSA) is 86.8 Å². The normalized spacial score (nSPS) is 12.2. The van der Waals surface area contributed by atoms with Crippen LogP contribution in [-0.2, 0) is 26.2 Å². The Kier molecular flexibility index (Phi) is 9.88. The zero-order chi connectivity index (χ0) is 25.5. The largest absolute Gasteiger partial charge is 0.354 e. The summed E-state index contributed by atoms with van der Waals surface area (Å²) in [5.74, 6) is -1.31. The Morgan fingerprint density at radius 1 is 1.12 bits per heavy atom. The molecule has 0 heterocycles. The summed E-state index contributed by atoms with van der Waals surface area (Å²) < 4.78 is 39.7. The Morgan fingerprint density at radius 2 is 1.76 bits per heavy atom. The maximum Gasteiger partial charge on any atom is 0.244 e. The zero-order valence-corrected chi connectivity index (χ0v) is 21.4. The summed E-state index contributed by atoms with van der Waals surface area (Å²) >= 11 is 6.19. The van der Waals surface area contributed by atoms with Crippen molar-refractivity contribution < 1.29 is 22.4 Å². The standard InChI is InChI=1S/C24H31ClFN3O4S/c1-5-14-27-24(31)21(6-2)28(15-18-10-12-19(26)13-11-18)23(30)16-29(34(4,32)33)22-9-7-8-20(25)17(22)3/h7-13,21H,5-6,14-16H2,1-4H3,(H,27,31). The molecule has 10 heteroatoms. The number of rotatable bonds is 11. The fourth-order valence-electron chi connectivity index (χ4n) is 3.53. The molecule has 7 nitrogen and oxygen atoms in total. The van der Waals surface area contributed by atoms with Gasteiger partial charge in [0.05, 0.1) is 11.9 Å². The van der Waals surface area contributed by atoms with E-state index in [0.29, 0.717) is 29.1 Å². The van der Waals surface area contributed by atoms with Gasteiger partial charge in [0.25, 0.3) is 0 Å². The highest BCUT2D eigenvalue weighted by Crippen LogP contribution is 2.28. The second-order valence-electron chi connectivity index (χ2n) is 8.02. The molecule has 0 radical (unpaired) electrons. The number of nitrogens with one attached hydrogen (secondary N) is 1. The van der Waals surface area contributed by atoms with E-state index in [1.165, 1.54) is 29.2 Å². The van der Waals surface area contributed by atoms with Crippen LogP contribution in [0.25, 0.3) is 0 Å². The minimum atomic E-state index is -3.85. The third kappa shape index (κ3) is 7.17. The first-order valence-electron chi connectivity index (χ1n) is 11.0. The molecule has 1 N–H and O–H groups in total. The minimum Gasteiger partial charge on any atom is -0.354 e. The first-order valence-corrected chi connectivity index (χ1v) is 13.3. The average molecular weight is 512 g/mol. The van der Waals surface area contributed by atoms with Crippen LogP contribution in [0.5, 0.6) is 0 Å². The Bertz CT molecular complexity index is 1110. The van der Waals surface area contributed by atoms with E-state index >= 15 is 0 Å². The molecule has 1 atom stereocenters. The van der Waals surface area contributed by atoms with Crippen LogP contribution in [0, 0.1) is 12.7 Å². The quantitative estimate of drug-likeness (QED) is 0.496. The number of halogens is 2. The lowest BCUT2D eigenvalue weighted by molar-refractivity contribution is -0.140. The SMILES string of the molecule is CCCNC(=O)C(CC)N(Cc1ccc(F)cc1)C(=O)CN(c1cccc(Cl)c1C)S(C)(=O)=O. The summed E-state index contributed by atoms with van der Waals surface area (Å²) in [6, 6.07) is 9.59. The van der Waals surface area contributed by atoms with Gasteiger partial charge in [-0.1, -0.05) is 43.6 Å². The van der Waals surface area contributed by atoms with Gasteiger partial charge in [0.2, 0.25) is 21.8 Å². The fraction of sp³-hybridized carbons (Fsp3) is 0.417. The summed E-state index contributed by atoms with van der Waals surface area (Å²) in [6.07, 6.45) is 2.05. The summed E-state index contributed by atoms with van der Waals surface area (Å²) in [5.41, 5.74) is 1.41. The Morgan fingerprint density at radius 3 is 2.32 bits per heavy atom. The van der Waals surface area contributed by atoms with E-state index in [4.69, 9.17) is 11.6 Å². The van der Waals surface area contributed by atoms with Crippen molar-refractivity contribution in [2.45, 2.75) is 46.2 Å². The van der Waals surface area contributed by atoms with Crippen LogP contribution < -0.4 is 9.62 Å². The van der Waals surface area contributed by atoms with Crippen molar-refractivity contribution >= 4 is 39.1 Å². The Hall–Kier alpha value is -2.65. The van der Waals surface area contributed by atoms with Gasteiger partial charge in [0.1, 0.15) is 18.4 Å². The molecule has 0 bridgehead atoms. The predicted molar refractivity (Wildman–Crippen MR) is 133 cm³/mol. The summed E-state index contributed by atoms with van der Waals surface area (Å²) in [6.45, 7) is 5.31. The highest BCUT2D eigenvalue weighted by molar-refractivity contribution is 7.92. The van der Waals surface area contributed by atoms with Crippen LogP contribution in [0.1, 0.15) is 37.8 Å². The Labute approximate surface area is 205 Å². The monoisotopic (exact) mass is 511 g/mol. The van der Waals surface area contributed by atoms with Gasteiger partial charge in [-0.15, -0.1) is 0 Å². The fourth-order valence-corrected chi connectivity index (χ4v) is 4.60. The lowest BCUT2D eigenvalue weighted by Gasteiger charge is -2.33. The van der Waals surface area contributed by atoms with Crippen molar-refractivity contribution in [3.63, 3.8) is 0 Å². The van der Waals surface area contributed by atoms with Crippen molar-refractivity contribution in [2.24, 2.45) is 0 Å². The third-order valence-corrected chi connectivity index (χ3v) is 6.92. The van der Waals surface area contributed by atoms with Gasteiger partial charge >= 0.3 is 0 Å². The van der Waals surface area contributed by atoms with Crippen LogP contribution in [0.3, 0.4) is 0 Å². The lowest BCUT2D eigenvalue weighted by atomic mass is 10.1. The molecule has 34 heavy (non-hydrogen) atoms. The van der Waals surface area contributed by atoms with E-state index in [1.54, 1.807) is 32.0 Å². The number of carbonyl (C=O) groups excluding carboxylic acids is 2. The molecule has 0 saturated carbocycles. The van der Waals surface area contributed by atoms with Crippen LogP contribution in [0.2, 0.25) is 5.02 Å². The molecule has 0 aliphatic heterocycles. The highest BCUT2D eigenvalue weighted by Gasteiger charge is 2.32. The van der Waals surface area contributed by atoms with Crippen LogP contribution in [0.4, 0.5) is 10.1 Å². The number of sulfonamides is 1. The van der Waals surface area contributed by atoms with Crippen LogP contribution in [0.15, 0.2) is 42.5 Å². The molecule has 2 aromatic rings. The van der Waals surface area contributed by atoms with E-state index in [-0.39, 0.29) is 18.1 Å². The molecular weight excluding hydrogens is 481 g/mol. The third-order valence-electron chi connectivity index (χ3n) is 5.39. The molecule has 0 aliphatic carbocycles. The van der Waals surface area contributed by atoms with Gasteiger partial charge in [-0.3, -0.25) is 13.9 Å². The second kappa shape index (κ2) is 12.2. The molecule has 0 spiro atoms. The molecule has 0 saturated heterocycles. The highest BCUT2D eigenvalue weighted by atomic mass is 35.5. The zero-order valence-electron chi connectivity index (χ0n) is 19.8. The van der Waals surface area contributed by atoms with E-state index < -0.39 is 34.3 Å². The van der Waals surface area contributed by atoms with E-state index in [1.807, 2.05) is 6.92 Å². The van der Waals surface area contributed by atoms with Gasteiger partial charge in [-0.2, -0.15) is 0 Å². The second-order valence-corrected chi connectivity index (χ2v) is 10.3. The number of hydrogen-bond acceptors (Lipinski definition) is 4. The lowest BCUT2D eigenvalue weighted by Crippen LogP contribution is -2.52. The van der Waals surface area contributed by atoms with Crippen LogP contribution in [-0.4, -0.2) is 50.5 Å². The van der Waals surface area contributed by atoms with Crippen molar-refractivity contribution in [1.82, 2.24) is 10.2 Å². The van der Waals surface area contributed by atoms with Gasteiger partial charge < -0.3 is 10.2 Å². The number of anilines is 1. The molecule has 0 aromatic heterocycles. The minimum absolute atomic E-state index is 0.0172. The predicted octanol–water partition coefficient (Wildman–Crippen LogP) is 3.89. The molecular formula is C24H31ClFN3O4S. The van der Waals surface area contributed by atoms with Gasteiger partial charge in [-0.25, -0.2) is 12.8 Å². The van der Waals surface area contributed by atoms with E-state index in [0.717, 1.165) is 17.0 Å². The van der Waals surface area contributed by atoms with Gasteiger partial charge in [0, 0.05) is 18.1 Å². The van der Waals surface area contributed by atoms with Crippen molar-refractivity contribution in [3.8, 4) is 0 Å². The smallest absolute Gasteiger partial charge is 0.244 e. The first-order chi connectivity index (χ1) is 16.0. The summed E-state index contributed by atoms with van der Waals surface area (Å²) in [4.78, 5) is 27.8. The Balaban J connectivity index is 2.46. The maximum atomic E-state index is 13.6. The van der Waals surface area contributed by atoms with Crippen molar-refractivity contribution in [3.05, 3.63) is 64.4 Å². The van der Waals surface area contributed by atoms with Gasteiger partial charge in [0.15, 0.2) is 0 Å². The van der Waals surface area contributed by atoms with Crippen molar-refractivity contribution in [1.29, 1.82) is 0 Å². The number of hydrogen-bond donors (Lipinski definition) is 1. The number of carbonyl (C=O) groups is 2.